The van der Waals surface area contributed by atoms with Crippen molar-refractivity contribution in [3.63, 3.8) is 0 Å². The minimum atomic E-state index is -0.0300. The second-order valence-corrected chi connectivity index (χ2v) is 10.5. The van der Waals surface area contributed by atoms with E-state index in [9.17, 15) is 9.59 Å². The maximum Gasteiger partial charge on any atom is 0.321 e. The predicted octanol–water partition coefficient (Wildman–Crippen LogP) is 7.35. The van der Waals surface area contributed by atoms with Gasteiger partial charge in [0.15, 0.2) is 0 Å². The van der Waals surface area contributed by atoms with Crippen LogP contribution in [-0.4, -0.2) is 48.0 Å². The second-order valence-electron chi connectivity index (χ2n) is 9.67. The number of carbonyl (C=O) groups excluding carboxylic acids is 2. The molecule has 2 aliphatic rings. The van der Waals surface area contributed by atoms with E-state index in [1.807, 2.05) is 34.1 Å². The standard InChI is InChI=1S/C27H34Cl2N4O2/c28-22-4-8-24(9-5-22)30-26(34)32-16-12-20(13-17-32)2-1-3-21-14-18-33(19-15-21)27(35)31-25-10-6-23(29)7-11-25/h4-11,20-21H,1-3,12-19H2,(H,30,34)(H,31,35). The van der Waals surface area contributed by atoms with Gasteiger partial charge in [-0.25, -0.2) is 9.59 Å². The summed E-state index contributed by atoms with van der Waals surface area (Å²) in [6, 6.07) is 14.4. The van der Waals surface area contributed by atoms with E-state index in [2.05, 4.69) is 10.6 Å². The van der Waals surface area contributed by atoms with Crippen molar-refractivity contribution in [1.29, 1.82) is 0 Å². The molecule has 0 aromatic heterocycles. The van der Waals surface area contributed by atoms with Crippen LogP contribution in [0.2, 0.25) is 10.0 Å². The number of hydrogen-bond acceptors (Lipinski definition) is 2. The zero-order valence-corrected chi connectivity index (χ0v) is 21.5. The largest absolute Gasteiger partial charge is 0.325 e. The molecule has 2 N–H and O–H groups in total. The lowest BCUT2D eigenvalue weighted by atomic mass is 9.87. The topological polar surface area (TPSA) is 64.7 Å². The predicted molar refractivity (Wildman–Crippen MR) is 143 cm³/mol. The van der Waals surface area contributed by atoms with Crippen molar-refractivity contribution < 1.29 is 9.59 Å². The van der Waals surface area contributed by atoms with Crippen molar-refractivity contribution in [2.24, 2.45) is 11.8 Å². The maximum absolute atomic E-state index is 12.5. The average molecular weight is 518 g/mol. The van der Waals surface area contributed by atoms with E-state index in [0.29, 0.717) is 21.9 Å². The highest BCUT2D eigenvalue weighted by molar-refractivity contribution is 6.30. The van der Waals surface area contributed by atoms with E-state index < -0.39 is 0 Å². The van der Waals surface area contributed by atoms with Crippen molar-refractivity contribution >= 4 is 46.6 Å². The minimum Gasteiger partial charge on any atom is -0.325 e. The van der Waals surface area contributed by atoms with Crippen molar-refractivity contribution in [2.75, 3.05) is 36.8 Å². The number of anilines is 2. The molecule has 2 aliphatic heterocycles. The summed E-state index contributed by atoms with van der Waals surface area (Å²) in [6.45, 7) is 3.24. The van der Waals surface area contributed by atoms with Gasteiger partial charge >= 0.3 is 12.1 Å². The molecule has 2 heterocycles. The van der Waals surface area contributed by atoms with E-state index >= 15 is 0 Å². The fourth-order valence-electron chi connectivity index (χ4n) is 5.02. The number of hydrogen-bond donors (Lipinski definition) is 2. The smallest absolute Gasteiger partial charge is 0.321 e. The Morgan fingerprint density at radius 3 is 1.34 bits per heavy atom. The summed E-state index contributed by atoms with van der Waals surface area (Å²) in [5.41, 5.74) is 1.55. The molecule has 35 heavy (non-hydrogen) atoms. The van der Waals surface area contributed by atoms with Crippen LogP contribution in [-0.2, 0) is 0 Å². The molecule has 0 unspecified atom stereocenters. The minimum absolute atomic E-state index is 0.0300. The zero-order chi connectivity index (χ0) is 24.6. The second kappa shape index (κ2) is 12.5. The molecule has 0 aliphatic carbocycles. The van der Waals surface area contributed by atoms with E-state index in [1.165, 1.54) is 19.3 Å². The third-order valence-electron chi connectivity index (χ3n) is 7.22. The molecule has 0 spiro atoms. The van der Waals surface area contributed by atoms with Gasteiger partial charge in [-0.05, 0) is 86.1 Å². The van der Waals surface area contributed by atoms with Crippen LogP contribution in [0, 0.1) is 11.8 Å². The van der Waals surface area contributed by atoms with Gasteiger partial charge in [0.1, 0.15) is 0 Å². The molecule has 4 amide bonds. The summed E-state index contributed by atoms with van der Waals surface area (Å²) in [5, 5.41) is 7.24. The molecule has 0 atom stereocenters. The number of rotatable bonds is 6. The van der Waals surface area contributed by atoms with Gasteiger partial charge in [0.25, 0.3) is 0 Å². The number of likely N-dealkylation sites (tertiary alicyclic amines) is 2. The molecule has 4 rings (SSSR count). The van der Waals surface area contributed by atoms with Crippen LogP contribution in [0.25, 0.3) is 0 Å². The summed E-state index contributed by atoms with van der Waals surface area (Å²) < 4.78 is 0. The summed E-state index contributed by atoms with van der Waals surface area (Å²) in [4.78, 5) is 28.9. The number of nitrogens with zero attached hydrogens (tertiary/aromatic N) is 2. The van der Waals surface area contributed by atoms with E-state index in [0.717, 1.165) is 63.2 Å². The Bertz CT molecular complexity index is 888. The molecular formula is C27H34Cl2N4O2. The highest BCUT2D eigenvalue weighted by Crippen LogP contribution is 2.28. The molecule has 2 aromatic carbocycles. The van der Waals surface area contributed by atoms with Crippen LogP contribution in [0.3, 0.4) is 0 Å². The Hall–Kier alpha value is -2.44. The lowest BCUT2D eigenvalue weighted by Gasteiger charge is -2.33. The summed E-state index contributed by atoms with van der Waals surface area (Å²) in [7, 11) is 0. The summed E-state index contributed by atoms with van der Waals surface area (Å²) >= 11 is 11.8. The molecule has 2 aromatic rings. The van der Waals surface area contributed by atoms with Crippen LogP contribution >= 0.6 is 23.2 Å². The Labute approximate surface area is 217 Å². The molecule has 6 nitrogen and oxygen atoms in total. The summed E-state index contributed by atoms with van der Waals surface area (Å²) in [5.74, 6) is 1.39. The number of carbonyl (C=O) groups is 2. The third-order valence-corrected chi connectivity index (χ3v) is 7.72. The first kappa shape index (κ1) is 25.6. The van der Waals surface area contributed by atoms with E-state index in [-0.39, 0.29) is 12.1 Å². The molecule has 8 heteroatoms. The van der Waals surface area contributed by atoms with Crippen molar-refractivity contribution in [2.45, 2.75) is 44.9 Å². The van der Waals surface area contributed by atoms with Gasteiger partial charge in [-0.2, -0.15) is 0 Å². The zero-order valence-electron chi connectivity index (χ0n) is 20.0. The third kappa shape index (κ3) is 7.77. The Kier molecular flexibility index (Phi) is 9.16. The van der Waals surface area contributed by atoms with Gasteiger partial charge in [-0.1, -0.05) is 42.5 Å². The number of amides is 4. The van der Waals surface area contributed by atoms with Crippen LogP contribution in [0.1, 0.15) is 44.9 Å². The Balaban J connectivity index is 1.09. The summed E-state index contributed by atoms with van der Waals surface area (Å²) in [6.07, 6.45) is 7.94. The molecule has 0 saturated carbocycles. The molecule has 0 radical (unpaired) electrons. The van der Waals surface area contributed by atoms with Gasteiger partial charge in [-0.15, -0.1) is 0 Å². The van der Waals surface area contributed by atoms with Crippen LogP contribution in [0.15, 0.2) is 48.5 Å². The lowest BCUT2D eigenvalue weighted by Crippen LogP contribution is -2.41. The van der Waals surface area contributed by atoms with Crippen molar-refractivity contribution in [1.82, 2.24) is 9.80 Å². The van der Waals surface area contributed by atoms with Crippen molar-refractivity contribution in [3.05, 3.63) is 58.6 Å². The highest BCUT2D eigenvalue weighted by atomic mass is 35.5. The van der Waals surface area contributed by atoms with Crippen molar-refractivity contribution in [3.8, 4) is 0 Å². The number of piperidine rings is 2. The van der Waals surface area contributed by atoms with Crippen LogP contribution < -0.4 is 10.6 Å². The normalized spacial score (nSPS) is 17.3. The molecular weight excluding hydrogens is 483 g/mol. The maximum atomic E-state index is 12.5. The monoisotopic (exact) mass is 516 g/mol. The first-order valence-corrected chi connectivity index (χ1v) is 13.3. The van der Waals surface area contributed by atoms with E-state index in [1.54, 1.807) is 24.3 Å². The Morgan fingerprint density at radius 1 is 0.657 bits per heavy atom. The number of nitrogens with one attached hydrogen (secondary N) is 2. The SMILES string of the molecule is O=C(Nc1ccc(Cl)cc1)N1CCC(CCCC2CCN(C(=O)Nc3ccc(Cl)cc3)CC2)CC1. The van der Waals surface area contributed by atoms with Crippen LogP contribution in [0.5, 0.6) is 0 Å². The first-order chi connectivity index (χ1) is 17.0. The first-order valence-electron chi connectivity index (χ1n) is 12.6. The number of benzene rings is 2. The lowest BCUT2D eigenvalue weighted by molar-refractivity contribution is 0.170. The van der Waals surface area contributed by atoms with Gasteiger partial charge in [0.2, 0.25) is 0 Å². The molecule has 2 fully saturated rings. The quantitative estimate of drug-likeness (QED) is 0.421. The van der Waals surface area contributed by atoms with Crippen LogP contribution in [0.4, 0.5) is 21.0 Å². The van der Waals surface area contributed by atoms with Gasteiger partial charge in [0.05, 0.1) is 0 Å². The molecule has 0 bridgehead atoms. The fourth-order valence-corrected chi connectivity index (χ4v) is 5.27. The molecule has 188 valence electrons. The number of urea groups is 2. The average Bonchev–Trinajstić information content (AvgIpc) is 2.87. The van der Waals surface area contributed by atoms with Gasteiger partial charge in [0, 0.05) is 47.6 Å². The van der Waals surface area contributed by atoms with Gasteiger partial charge in [-0.3, -0.25) is 0 Å². The van der Waals surface area contributed by atoms with E-state index in [4.69, 9.17) is 23.2 Å². The highest BCUT2D eigenvalue weighted by Gasteiger charge is 2.25. The van der Waals surface area contributed by atoms with Gasteiger partial charge < -0.3 is 20.4 Å². The number of halogens is 2. The Morgan fingerprint density at radius 2 is 1.00 bits per heavy atom. The molecule has 2 saturated heterocycles. The fraction of sp³-hybridized carbons (Fsp3) is 0.481.